The molecule has 0 spiro atoms. The van der Waals surface area contributed by atoms with Crippen LogP contribution in [-0.2, 0) is 4.79 Å². The van der Waals surface area contributed by atoms with Gasteiger partial charge in [-0.05, 0) is 25.3 Å². The third kappa shape index (κ3) is 2.95. The molecule has 3 unspecified atom stereocenters. The van der Waals surface area contributed by atoms with E-state index < -0.39 is 18.1 Å². The zero-order valence-electron chi connectivity index (χ0n) is 7.44. The van der Waals surface area contributed by atoms with Crippen LogP contribution in [0, 0.1) is 5.92 Å². The van der Waals surface area contributed by atoms with E-state index in [0.717, 1.165) is 19.5 Å². The van der Waals surface area contributed by atoms with Crippen LogP contribution in [0.3, 0.4) is 0 Å². The van der Waals surface area contributed by atoms with Gasteiger partial charge in [-0.2, -0.15) is 0 Å². The number of carbonyl (C=O) groups is 1. The molecule has 5 heteroatoms. The molecular formula is C8H16N2O3. The van der Waals surface area contributed by atoms with Gasteiger partial charge in [-0.15, -0.1) is 0 Å². The van der Waals surface area contributed by atoms with Crippen molar-refractivity contribution in [3.8, 4) is 0 Å². The topological polar surface area (TPSA) is 95.6 Å². The fourth-order valence-electron chi connectivity index (χ4n) is 1.56. The number of nitrogens with one attached hydrogen (secondary N) is 1. The second kappa shape index (κ2) is 4.55. The maximum Gasteiger partial charge on any atom is 0.320 e. The van der Waals surface area contributed by atoms with Gasteiger partial charge in [-0.3, -0.25) is 4.79 Å². The lowest BCUT2D eigenvalue weighted by Gasteiger charge is -2.18. The molecule has 1 aliphatic rings. The maximum atomic E-state index is 10.4. The molecule has 5 nitrogen and oxygen atoms in total. The number of nitrogens with two attached hydrogens (primary N) is 1. The molecule has 1 aliphatic heterocycles. The summed E-state index contributed by atoms with van der Waals surface area (Å²) in [6.45, 7) is 1.65. The number of rotatable bonds is 4. The molecule has 76 valence electrons. The largest absolute Gasteiger partial charge is 0.480 e. The van der Waals surface area contributed by atoms with Crippen molar-refractivity contribution in [2.24, 2.45) is 11.7 Å². The number of aliphatic hydroxyl groups excluding tert-OH is 1. The van der Waals surface area contributed by atoms with E-state index in [9.17, 15) is 9.90 Å². The maximum absolute atomic E-state index is 10.4. The number of hydrogen-bond acceptors (Lipinski definition) is 4. The molecule has 5 N–H and O–H groups in total. The summed E-state index contributed by atoms with van der Waals surface area (Å²) in [7, 11) is 0. The van der Waals surface area contributed by atoms with Crippen LogP contribution in [0.5, 0.6) is 0 Å². The monoisotopic (exact) mass is 188 g/mol. The molecule has 1 rings (SSSR count). The van der Waals surface area contributed by atoms with E-state index in [1.165, 1.54) is 0 Å². The van der Waals surface area contributed by atoms with Crippen molar-refractivity contribution < 1.29 is 15.0 Å². The van der Waals surface area contributed by atoms with E-state index in [0.29, 0.717) is 0 Å². The molecule has 0 aromatic carbocycles. The van der Waals surface area contributed by atoms with Gasteiger partial charge in [0.25, 0.3) is 0 Å². The van der Waals surface area contributed by atoms with E-state index in [1.807, 2.05) is 0 Å². The number of aliphatic carboxylic acids is 1. The standard InChI is InChI=1S/C8H16N2O3/c9-6(8(12)13)3-7(11)5-1-2-10-4-5/h5-7,10-11H,1-4,9H2,(H,12,13). The van der Waals surface area contributed by atoms with Crippen LogP contribution in [0.25, 0.3) is 0 Å². The van der Waals surface area contributed by atoms with E-state index in [1.54, 1.807) is 0 Å². The van der Waals surface area contributed by atoms with Gasteiger partial charge in [0, 0.05) is 6.54 Å². The van der Waals surface area contributed by atoms with Crippen LogP contribution >= 0.6 is 0 Å². The van der Waals surface area contributed by atoms with Crippen LogP contribution in [0.1, 0.15) is 12.8 Å². The zero-order chi connectivity index (χ0) is 9.84. The minimum atomic E-state index is -1.05. The van der Waals surface area contributed by atoms with Gasteiger partial charge >= 0.3 is 5.97 Å². The highest BCUT2D eigenvalue weighted by Gasteiger charge is 2.26. The predicted octanol–water partition coefficient (Wildman–Crippen LogP) is -1.24. The molecule has 0 amide bonds. The van der Waals surface area contributed by atoms with Gasteiger partial charge in [0.1, 0.15) is 6.04 Å². The molecule has 3 atom stereocenters. The quantitative estimate of drug-likeness (QED) is 0.442. The van der Waals surface area contributed by atoms with Gasteiger partial charge in [0.15, 0.2) is 0 Å². The van der Waals surface area contributed by atoms with Crippen molar-refractivity contribution in [1.29, 1.82) is 0 Å². The lowest BCUT2D eigenvalue weighted by molar-refractivity contribution is -0.139. The normalized spacial score (nSPS) is 27.1. The number of hydrogen-bond donors (Lipinski definition) is 4. The van der Waals surface area contributed by atoms with Crippen LogP contribution in [0.15, 0.2) is 0 Å². The summed E-state index contributed by atoms with van der Waals surface area (Å²) in [6.07, 6.45) is 0.441. The first kappa shape index (κ1) is 10.4. The van der Waals surface area contributed by atoms with E-state index in [2.05, 4.69) is 5.32 Å². The third-order valence-corrected chi connectivity index (χ3v) is 2.46. The van der Waals surface area contributed by atoms with E-state index >= 15 is 0 Å². The highest BCUT2D eigenvalue weighted by Crippen LogP contribution is 2.16. The Morgan fingerprint density at radius 3 is 2.85 bits per heavy atom. The van der Waals surface area contributed by atoms with Crippen molar-refractivity contribution in [2.75, 3.05) is 13.1 Å². The molecule has 0 saturated carbocycles. The number of carboxylic acid groups (broad SMARTS) is 1. The Morgan fingerprint density at radius 2 is 2.38 bits per heavy atom. The first-order valence-corrected chi connectivity index (χ1v) is 4.48. The fourth-order valence-corrected chi connectivity index (χ4v) is 1.56. The number of carboxylic acids is 1. The Labute approximate surface area is 76.9 Å². The molecule has 0 bridgehead atoms. The summed E-state index contributed by atoms with van der Waals surface area (Å²) in [5.41, 5.74) is 5.31. The lowest BCUT2D eigenvalue weighted by atomic mass is 9.96. The smallest absolute Gasteiger partial charge is 0.320 e. The van der Waals surface area contributed by atoms with Crippen LogP contribution in [0.2, 0.25) is 0 Å². The highest BCUT2D eigenvalue weighted by molar-refractivity contribution is 5.73. The summed E-state index contributed by atoms with van der Waals surface area (Å²) in [5.74, 6) is -0.893. The minimum Gasteiger partial charge on any atom is -0.480 e. The molecule has 13 heavy (non-hydrogen) atoms. The summed E-state index contributed by atoms with van der Waals surface area (Å²) in [4.78, 5) is 10.4. The summed E-state index contributed by atoms with van der Waals surface area (Å²) in [5, 5.41) is 21.2. The van der Waals surface area contributed by atoms with Gasteiger partial charge in [0.2, 0.25) is 0 Å². The molecule has 0 aliphatic carbocycles. The van der Waals surface area contributed by atoms with Crippen LogP contribution in [0.4, 0.5) is 0 Å². The second-order valence-corrected chi connectivity index (χ2v) is 3.50. The molecule has 1 saturated heterocycles. The average Bonchev–Trinajstić information content (AvgIpc) is 2.55. The first-order valence-electron chi connectivity index (χ1n) is 4.48. The second-order valence-electron chi connectivity index (χ2n) is 3.50. The molecular weight excluding hydrogens is 172 g/mol. The van der Waals surface area contributed by atoms with Gasteiger partial charge in [-0.25, -0.2) is 0 Å². The predicted molar refractivity (Wildman–Crippen MR) is 47.2 cm³/mol. The molecule has 1 heterocycles. The Kier molecular flexibility index (Phi) is 3.65. The minimum absolute atomic E-state index is 0.141. The van der Waals surface area contributed by atoms with Crippen molar-refractivity contribution in [3.63, 3.8) is 0 Å². The van der Waals surface area contributed by atoms with Crippen molar-refractivity contribution in [2.45, 2.75) is 25.0 Å². The van der Waals surface area contributed by atoms with Gasteiger partial charge < -0.3 is 21.3 Å². The molecule has 0 aromatic heterocycles. The van der Waals surface area contributed by atoms with Crippen molar-refractivity contribution in [1.82, 2.24) is 5.32 Å². The Hall–Kier alpha value is -0.650. The third-order valence-electron chi connectivity index (χ3n) is 2.46. The zero-order valence-corrected chi connectivity index (χ0v) is 7.44. The van der Waals surface area contributed by atoms with Crippen molar-refractivity contribution in [3.05, 3.63) is 0 Å². The number of aliphatic hydroxyl groups is 1. The molecule has 0 aromatic rings. The first-order chi connectivity index (χ1) is 6.11. The van der Waals surface area contributed by atoms with Gasteiger partial charge in [-0.1, -0.05) is 0 Å². The van der Waals surface area contributed by atoms with Crippen molar-refractivity contribution >= 4 is 5.97 Å². The highest BCUT2D eigenvalue weighted by atomic mass is 16.4. The average molecular weight is 188 g/mol. The Bertz CT molecular complexity index is 180. The fraction of sp³-hybridized carbons (Fsp3) is 0.875. The van der Waals surface area contributed by atoms with E-state index in [4.69, 9.17) is 10.8 Å². The SMILES string of the molecule is NC(CC(O)C1CCNC1)C(=O)O. The van der Waals surface area contributed by atoms with E-state index in [-0.39, 0.29) is 12.3 Å². The summed E-state index contributed by atoms with van der Waals surface area (Å²) < 4.78 is 0. The summed E-state index contributed by atoms with van der Waals surface area (Å²) >= 11 is 0. The van der Waals surface area contributed by atoms with Crippen LogP contribution in [-0.4, -0.2) is 41.4 Å². The Morgan fingerprint density at radius 1 is 1.69 bits per heavy atom. The summed E-state index contributed by atoms with van der Waals surface area (Å²) in [6, 6.07) is -0.949. The lowest BCUT2D eigenvalue weighted by Crippen LogP contribution is -2.37. The van der Waals surface area contributed by atoms with Gasteiger partial charge in [0.05, 0.1) is 6.10 Å². The van der Waals surface area contributed by atoms with Crippen LogP contribution < -0.4 is 11.1 Å². The molecule has 0 radical (unpaired) electrons. The Balaban J connectivity index is 2.30. The molecule has 1 fully saturated rings.